The number of benzene rings is 2. The Morgan fingerprint density at radius 1 is 1.14 bits per heavy atom. The summed E-state index contributed by atoms with van der Waals surface area (Å²) in [6.45, 7) is 1.96. The third-order valence-corrected chi connectivity index (χ3v) is 10.7. The van der Waals surface area contributed by atoms with Gasteiger partial charge in [0.25, 0.3) is 11.8 Å². The number of ether oxygens (including phenoxy) is 1. The fourth-order valence-corrected chi connectivity index (χ4v) is 8.67. The smallest absolute Gasteiger partial charge is 0.280 e. The molecule has 8 rings (SSSR count). The number of hydrogen-bond acceptors (Lipinski definition) is 7. The van der Waals surface area contributed by atoms with Crippen molar-refractivity contribution >= 4 is 28.6 Å². The summed E-state index contributed by atoms with van der Waals surface area (Å²) in [5, 5.41) is 26.9. The maximum Gasteiger partial charge on any atom is 0.280 e. The van der Waals surface area contributed by atoms with Crippen LogP contribution in [0.15, 0.2) is 54.7 Å². The van der Waals surface area contributed by atoms with Crippen LogP contribution in [-0.4, -0.2) is 97.2 Å². The molecule has 4 N–H and O–H groups in total. The average Bonchev–Trinajstić information content (AvgIpc) is 3.66. The number of aromatic nitrogens is 1. The minimum absolute atomic E-state index is 0.125. The molecule has 44 heavy (non-hydrogen) atoms. The van der Waals surface area contributed by atoms with Crippen LogP contribution < -0.4 is 5.32 Å². The number of likely N-dealkylation sites (N-methyl/N-ethyl adjacent to an activating group) is 1. The standard InChI is InChI=1S/C33H37N5O6/c1-32(35-29(40)20-14-22-21-9-6-10-23-28(21)19(16-34-23)15-24(22)36(2)17-20)31(42)38-25(13-18-7-4-3-5-8-18)30(41)37-26(11-12-27(37)39)33(38,43)44-32/h3-10,16,20,22,24-27,34,39,43H,11-15,17H2,1-2H3,(H,35,40)/t20-,22?,24-,25+,26+,27-,32-,33+/m1/s1. The van der Waals surface area contributed by atoms with E-state index < -0.39 is 47.7 Å². The lowest BCUT2D eigenvalue weighted by atomic mass is 9.72. The molecule has 5 aliphatic rings. The zero-order chi connectivity index (χ0) is 30.5. The highest BCUT2D eigenvalue weighted by Crippen LogP contribution is 2.48. The van der Waals surface area contributed by atoms with Gasteiger partial charge in [-0.15, -0.1) is 0 Å². The summed E-state index contributed by atoms with van der Waals surface area (Å²) in [5.74, 6) is -3.95. The Balaban J connectivity index is 1.08. The van der Waals surface area contributed by atoms with Gasteiger partial charge in [-0.2, -0.15) is 0 Å². The molecule has 2 aromatic carbocycles. The van der Waals surface area contributed by atoms with Gasteiger partial charge in [0.1, 0.15) is 18.3 Å². The highest BCUT2D eigenvalue weighted by atomic mass is 16.7. The minimum atomic E-state index is -2.21. The number of nitrogens with one attached hydrogen (secondary N) is 2. The van der Waals surface area contributed by atoms with Gasteiger partial charge in [0, 0.05) is 42.0 Å². The van der Waals surface area contributed by atoms with E-state index in [0.717, 1.165) is 22.4 Å². The van der Waals surface area contributed by atoms with Gasteiger partial charge in [-0.05, 0) is 62.4 Å². The molecule has 8 atom stereocenters. The van der Waals surface area contributed by atoms with Gasteiger partial charge < -0.3 is 30.3 Å². The predicted octanol–water partition coefficient (Wildman–Crippen LogP) is 1.40. The van der Waals surface area contributed by atoms with Crippen LogP contribution >= 0.6 is 0 Å². The lowest BCUT2D eigenvalue weighted by Gasteiger charge is -2.49. The fourth-order valence-electron chi connectivity index (χ4n) is 8.67. The third kappa shape index (κ3) is 3.86. The van der Waals surface area contributed by atoms with Crippen molar-refractivity contribution in [3.8, 4) is 0 Å². The largest absolute Gasteiger partial charge is 0.374 e. The first kappa shape index (κ1) is 27.8. The maximum atomic E-state index is 14.2. The lowest BCUT2D eigenvalue weighted by molar-refractivity contribution is -0.319. The number of rotatable bonds is 4. The molecule has 5 heterocycles. The Morgan fingerprint density at radius 3 is 2.73 bits per heavy atom. The second-order valence-corrected chi connectivity index (χ2v) is 13.3. The number of aliphatic hydroxyl groups is 2. The first-order chi connectivity index (χ1) is 21.1. The molecular formula is C33H37N5O6. The fraction of sp³-hybridized carbons (Fsp3) is 0.485. The highest BCUT2D eigenvalue weighted by Gasteiger charge is 2.71. The quantitative estimate of drug-likeness (QED) is 0.356. The molecule has 11 nitrogen and oxygen atoms in total. The van der Waals surface area contributed by atoms with Crippen LogP contribution in [0.25, 0.3) is 10.9 Å². The van der Waals surface area contributed by atoms with Crippen molar-refractivity contribution < 1.29 is 29.3 Å². The summed E-state index contributed by atoms with van der Waals surface area (Å²) in [5.41, 5.74) is 2.50. The van der Waals surface area contributed by atoms with Crippen LogP contribution in [0.4, 0.5) is 0 Å². The van der Waals surface area contributed by atoms with Crippen molar-refractivity contribution in [2.45, 2.75) is 80.9 Å². The Bertz CT molecular complexity index is 1680. The predicted molar refractivity (Wildman–Crippen MR) is 159 cm³/mol. The van der Waals surface area contributed by atoms with Crippen molar-refractivity contribution in [1.82, 2.24) is 25.0 Å². The minimum Gasteiger partial charge on any atom is -0.374 e. The topological polar surface area (TPSA) is 138 Å². The number of nitrogens with zero attached hydrogens (tertiary/aromatic N) is 3. The van der Waals surface area contributed by atoms with E-state index in [1.54, 1.807) is 0 Å². The number of amides is 3. The summed E-state index contributed by atoms with van der Waals surface area (Å²) in [4.78, 5) is 49.9. The van der Waals surface area contributed by atoms with E-state index in [1.165, 1.54) is 28.3 Å². The van der Waals surface area contributed by atoms with E-state index in [1.807, 2.05) is 43.4 Å². The van der Waals surface area contributed by atoms with Gasteiger partial charge in [-0.1, -0.05) is 42.5 Å². The molecule has 230 valence electrons. The lowest BCUT2D eigenvalue weighted by Crippen LogP contribution is -2.72. The number of piperazine rings is 1. The Morgan fingerprint density at radius 2 is 1.93 bits per heavy atom. The van der Waals surface area contributed by atoms with Crippen LogP contribution in [0, 0.1) is 5.92 Å². The highest BCUT2D eigenvalue weighted by molar-refractivity contribution is 5.97. The van der Waals surface area contributed by atoms with E-state index in [2.05, 4.69) is 33.5 Å². The summed E-state index contributed by atoms with van der Waals surface area (Å²) in [7, 11) is 2.04. The number of fused-ring (bicyclic) bond motifs is 5. The first-order valence-corrected chi connectivity index (χ1v) is 15.5. The maximum absolute atomic E-state index is 14.2. The molecule has 0 radical (unpaired) electrons. The Hall–Kier alpha value is -3.77. The monoisotopic (exact) mass is 599 g/mol. The Labute approximate surface area is 254 Å². The number of aliphatic hydroxyl groups excluding tert-OH is 1. The molecule has 1 aliphatic carbocycles. The molecule has 4 aliphatic heterocycles. The van der Waals surface area contributed by atoms with Crippen molar-refractivity contribution in [3.63, 3.8) is 0 Å². The molecule has 0 saturated carbocycles. The van der Waals surface area contributed by atoms with Crippen LogP contribution in [0.5, 0.6) is 0 Å². The van der Waals surface area contributed by atoms with E-state index in [4.69, 9.17) is 4.74 Å². The van der Waals surface area contributed by atoms with E-state index in [0.29, 0.717) is 13.0 Å². The molecule has 3 amide bonds. The van der Waals surface area contributed by atoms with Gasteiger partial charge in [-0.25, -0.2) is 0 Å². The molecule has 0 bridgehead atoms. The zero-order valence-corrected chi connectivity index (χ0v) is 24.8. The number of hydrogen-bond donors (Lipinski definition) is 4. The Kier molecular flexibility index (Phi) is 6.06. The van der Waals surface area contributed by atoms with Gasteiger partial charge >= 0.3 is 0 Å². The van der Waals surface area contributed by atoms with Crippen molar-refractivity contribution in [1.29, 1.82) is 0 Å². The van der Waals surface area contributed by atoms with E-state index >= 15 is 0 Å². The number of carbonyl (C=O) groups is 3. The van der Waals surface area contributed by atoms with Gasteiger partial charge in [0.15, 0.2) is 0 Å². The van der Waals surface area contributed by atoms with Gasteiger partial charge in [0.05, 0.1) is 5.92 Å². The molecule has 0 spiro atoms. The summed E-state index contributed by atoms with van der Waals surface area (Å²) < 4.78 is 6.19. The second kappa shape index (κ2) is 9.61. The number of likely N-dealkylation sites (tertiary alicyclic amines) is 1. The van der Waals surface area contributed by atoms with Crippen LogP contribution in [0.3, 0.4) is 0 Å². The summed E-state index contributed by atoms with van der Waals surface area (Å²) in [6, 6.07) is 13.7. The number of H-pyrrole nitrogens is 1. The summed E-state index contributed by atoms with van der Waals surface area (Å²) in [6.07, 6.45) is 3.12. The zero-order valence-electron chi connectivity index (χ0n) is 24.8. The average molecular weight is 600 g/mol. The van der Waals surface area contributed by atoms with E-state index in [-0.39, 0.29) is 37.1 Å². The van der Waals surface area contributed by atoms with Crippen molar-refractivity contribution in [3.05, 3.63) is 71.4 Å². The molecule has 4 saturated heterocycles. The number of carbonyl (C=O) groups excluding carboxylic acids is 3. The molecule has 1 unspecified atom stereocenters. The van der Waals surface area contributed by atoms with Crippen molar-refractivity contribution in [2.75, 3.05) is 13.6 Å². The van der Waals surface area contributed by atoms with E-state index in [9.17, 15) is 24.6 Å². The van der Waals surface area contributed by atoms with Crippen LogP contribution in [0.1, 0.15) is 48.8 Å². The second-order valence-electron chi connectivity index (χ2n) is 13.3. The number of piperidine rings is 1. The van der Waals surface area contributed by atoms with Crippen molar-refractivity contribution in [2.24, 2.45) is 5.92 Å². The first-order valence-electron chi connectivity index (χ1n) is 15.5. The van der Waals surface area contributed by atoms with Crippen LogP contribution in [-0.2, 0) is 32.0 Å². The van der Waals surface area contributed by atoms with Crippen LogP contribution in [0.2, 0.25) is 0 Å². The van der Waals surface area contributed by atoms with Gasteiger partial charge in [0.2, 0.25) is 17.5 Å². The molecular weight excluding hydrogens is 562 g/mol. The third-order valence-electron chi connectivity index (χ3n) is 10.7. The summed E-state index contributed by atoms with van der Waals surface area (Å²) >= 11 is 0. The number of aromatic amines is 1. The molecule has 4 fully saturated rings. The molecule has 3 aromatic rings. The normalized spacial score (nSPS) is 36.4. The van der Waals surface area contributed by atoms with Gasteiger partial charge in [-0.3, -0.25) is 24.0 Å². The molecule has 1 aromatic heterocycles. The molecule has 11 heteroatoms. The SMILES string of the molecule is CN1C[C@H](C(=O)N[C@]2(C)O[C@@]3(O)[C@@H]4CC[C@@H](O)N4C(=O)[C@H](Cc4ccccc4)N3C2=O)CC2c3cccc4[nH]cc(c34)C[C@H]21.